The first-order chi connectivity index (χ1) is 5.41. The summed E-state index contributed by atoms with van der Waals surface area (Å²) in [5.41, 5.74) is 0.355. The molecule has 0 spiro atoms. The van der Waals surface area contributed by atoms with E-state index in [4.69, 9.17) is 0 Å². The molecule has 0 radical (unpaired) electrons. The quantitative estimate of drug-likeness (QED) is 0.726. The molecule has 0 amide bonds. The summed E-state index contributed by atoms with van der Waals surface area (Å²) in [6, 6.07) is 0. The highest BCUT2D eigenvalue weighted by atomic mass is 32.3. The highest BCUT2D eigenvalue weighted by Crippen LogP contribution is 2.35. The number of rotatable bonds is 2. The van der Waals surface area contributed by atoms with Gasteiger partial charge in [0.2, 0.25) is 0 Å². The van der Waals surface area contributed by atoms with E-state index in [9.17, 15) is 0 Å². The Balaban J connectivity index is 4.25. The molecule has 13 heavy (non-hydrogen) atoms. The van der Waals surface area contributed by atoms with Crippen LogP contribution in [0.1, 0.15) is 41.5 Å². The van der Waals surface area contributed by atoms with Crippen molar-refractivity contribution in [2.45, 2.75) is 52.6 Å². The van der Waals surface area contributed by atoms with Crippen LogP contribution in [0.3, 0.4) is 0 Å². The lowest BCUT2D eigenvalue weighted by molar-refractivity contribution is 0.499. The molecule has 0 aromatic rings. The Bertz CT molecular complexity index is 145. The predicted octanol–water partition coefficient (Wildman–Crippen LogP) is 2.66. The molecule has 0 atom stereocenters. The maximum Gasteiger partial charge on any atom is 0.0194 e. The van der Waals surface area contributed by atoms with Gasteiger partial charge in [0.05, 0.1) is 0 Å². The Morgan fingerprint density at radius 1 is 0.692 bits per heavy atom. The normalized spacial score (nSPS) is 16.0. The number of hydrogen-bond donors (Lipinski definition) is 2. The van der Waals surface area contributed by atoms with Gasteiger partial charge in [-0.25, -0.2) is 0 Å². The first kappa shape index (κ1) is 13.3. The van der Waals surface area contributed by atoms with Gasteiger partial charge in [-0.05, 0) is 54.1 Å². The summed E-state index contributed by atoms with van der Waals surface area (Å²) in [5, 5.41) is 0. The van der Waals surface area contributed by atoms with Gasteiger partial charge in [-0.3, -0.25) is 9.44 Å². The Labute approximate surface area is 85.5 Å². The van der Waals surface area contributed by atoms with Crippen molar-refractivity contribution in [3.63, 3.8) is 0 Å². The van der Waals surface area contributed by atoms with Gasteiger partial charge in [-0.15, -0.1) is 10.4 Å². The summed E-state index contributed by atoms with van der Waals surface area (Å²) in [7, 11) is -0.897. The van der Waals surface area contributed by atoms with Gasteiger partial charge in [-0.2, -0.15) is 0 Å². The van der Waals surface area contributed by atoms with E-state index in [1.165, 1.54) is 0 Å². The molecule has 0 aliphatic heterocycles. The number of hydrogen-bond acceptors (Lipinski definition) is 2. The number of nitrogens with one attached hydrogen (secondary N) is 2. The summed E-state index contributed by atoms with van der Waals surface area (Å²) >= 11 is 0. The molecule has 2 nitrogen and oxygen atoms in total. The molecule has 3 heteroatoms. The molecule has 0 heterocycles. The minimum Gasteiger partial charge on any atom is -0.265 e. The minimum absolute atomic E-state index is 0.178. The third-order valence-electron chi connectivity index (χ3n) is 1.12. The van der Waals surface area contributed by atoms with Crippen LogP contribution in [-0.2, 0) is 0 Å². The fourth-order valence-electron chi connectivity index (χ4n) is 1.56. The minimum atomic E-state index is -0.897. The molecule has 0 fully saturated rings. The second-order valence-electron chi connectivity index (χ2n) is 6.03. The van der Waals surface area contributed by atoms with Gasteiger partial charge in [-0.1, -0.05) is 0 Å². The molecule has 0 aliphatic carbocycles. The predicted molar refractivity (Wildman–Crippen MR) is 65.2 cm³/mol. The van der Waals surface area contributed by atoms with Gasteiger partial charge in [0.1, 0.15) is 0 Å². The smallest absolute Gasteiger partial charge is 0.0194 e. The fraction of sp³-hybridized carbons (Fsp3) is 1.00. The molecule has 0 saturated heterocycles. The van der Waals surface area contributed by atoms with Crippen LogP contribution in [0.2, 0.25) is 0 Å². The topological polar surface area (TPSA) is 24.1 Å². The monoisotopic (exact) mass is 206 g/mol. The Kier molecular flexibility index (Phi) is 3.87. The summed E-state index contributed by atoms with van der Waals surface area (Å²) < 4.78 is 7.25. The van der Waals surface area contributed by atoms with E-state index in [1.54, 1.807) is 0 Å². The van der Waals surface area contributed by atoms with E-state index in [-0.39, 0.29) is 11.1 Å². The molecule has 2 N–H and O–H groups in total. The van der Waals surface area contributed by atoms with E-state index < -0.39 is 10.4 Å². The van der Waals surface area contributed by atoms with Crippen LogP contribution in [-0.4, -0.2) is 23.6 Å². The zero-order valence-electron chi connectivity index (χ0n) is 10.4. The first-order valence-corrected chi connectivity index (χ1v) is 7.17. The average Bonchev–Trinajstić information content (AvgIpc) is 1.43. The third kappa shape index (κ3) is 8.60. The van der Waals surface area contributed by atoms with Crippen molar-refractivity contribution in [1.29, 1.82) is 0 Å². The molecule has 0 bridgehead atoms. The SMILES string of the molecule is CC(C)(C)NS(C)(C)NC(C)(C)C. The molecular weight excluding hydrogens is 180 g/mol. The second-order valence-corrected chi connectivity index (χ2v) is 9.09. The van der Waals surface area contributed by atoms with E-state index >= 15 is 0 Å². The molecule has 0 unspecified atom stereocenters. The maximum atomic E-state index is 3.62. The Morgan fingerprint density at radius 3 is 1.08 bits per heavy atom. The standard InChI is InChI=1S/C10H26N2S/c1-9(2,3)11-13(7,8)12-10(4,5)6/h11-12H,1-8H3. The van der Waals surface area contributed by atoms with E-state index in [0.29, 0.717) is 0 Å². The van der Waals surface area contributed by atoms with Crippen LogP contribution in [0.25, 0.3) is 0 Å². The lowest BCUT2D eigenvalue weighted by atomic mass is 10.1. The summed E-state index contributed by atoms with van der Waals surface area (Å²) in [6.45, 7) is 13.2. The van der Waals surface area contributed by atoms with Crippen molar-refractivity contribution in [2.24, 2.45) is 0 Å². The lowest BCUT2D eigenvalue weighted by Crippen LogP contribution is -2.48. The highest BCUT2D eigenvalue weighted by molar-refractivity contribution is 8.29. The van der Waals surface area contributed by atoms with Crippen LogP contribution < -0.4 is 9.44 Å². The van der Waals surface area contributed by atoms with Crippen molar-refractivity contribution < 1.29 is 0 Å². The molecule has 0 saturated carbocycles. The van der Waals surface area contributed by atoms with Gasteiger partial charge < -0.3 is 0 Å². The zero-order chi connectivity index (χ0) is 10.9. The highest BCUT2D eigenvalue weighted by Gasteiger charge is 2.23. The summed E-state index contributed by atoms with van der Waals surface area (Å²) in [4.78, 5) is 0. The van der Waals surface area contributed by atoms with E-state index in [2.05, 4.69) is 63.5 Å². The van der Waals surface area contributed by atoms with Crippen molar-refractivity contribution in [2.75, 3.05) is 12.5 Å². The third-order valence-corrected chi connectivity index (χ3v) is 3.37. The Hall–Kier alpha value is 0.270. The van der Waals surface area contributed by atoms with Crippen LogP contribution in [0.5, 0.6) is 0 Å². The second kappa shape index (κ2) is 3.79. The molecular formula is C10H26N2S. The first-order valence-electron chi connectivity index (χ1n) is 4.72. The van der Waals surface area contributed by atoms with Crippen molar-refractivity contribution in [3.8, 4) is 0 Å². The summed E-state index contributed by atoms with van der Waals surface area (Å²) in [5.74, 6) is 0. The largest absolute Gasteiger partial charge is 0.265 e. The molecule has 0 aliphatic rings. The van der Waals surface area contributed by atoms with Gasteiger partial charge >= 0.3 is 0 Å². The lowest BCUT2D eigenvalue weighted by Gasteiger charge is -2.44. The molecule has 0 aromatic carbocycles. The van der Waals surface area contributed by atoms with Crippen molar-refractivity contribution in [3.05, 3.63) is 0 Å². The van der Waals surface area contributed by atoms with Gasteiger partial charge in [0, 0.05) is 11.1 Å². The Morgan fingerprint density at radius 2 is 0.923 bits per heavy atom. The van der Waals surface area contributed by atoms with Crippen LogP contribution in [0, 0.1) is 0 Å². The fourth-order valence-corrected chi connectivity index (χ4v) is 4.67. The average molecular weight is 206 g/mol. The molecule has 82 valence electrons. The van der Waals surface area contributed by atoms with Gasteiger partial charge in [0.15, 0.2) is 0 Å². The van der Waals surface area contributed by atoms with Crippen LogP contribution in [0.4, 0.5) is 0 Å². The molecule has 0 aromatic heterocycles. The van der Waals surface area contributed by atoms with Crippen LogP contribution in [0.15, 0.2) is 0 Å². The zero-order valence-corrected chi connectivity index (χ0v) is 11.2. The van der Waals surface area contributed by atoms with Crippen molar-refractivity contribution >= 4 is 10.4 Å². The van der Waals surface area contributed by atoms with E-state index in [0.717, 1.165) is 0 Å². The van der Waals surface area contributed by atoms with Gasteiger partial charge in [0.25, 0.3) is 0 Å². The maximum absolute atomic E-state index is 3.62. The van der Waals surface area contributed by atoms with Crippen molar-refractivity contribution in [1.82, 2.24) is 9.44 Å². The van der Waals surface area contributed by atoms with Crippen LogP contribution >= 0.6 is 10.4 Å². The summed E-state index contributed by atoms with van der Waals surface area (Å²) in [6.07, 6.45) is 4.51. The van der Waals surface area contributed by atoms with E-state index in [1.807, 2.05) is 0 Å². The molecule has 0 rings (SSSR count).